The molecule has 3 rings (SSSR count). The Morgan fingerprint density at radius 2 is 1.91 bits per heavy atom. The minimum absolute atomic E-state index is 0.310. The summed E-state index contributed by atoms with van der Waals surface area (Å²) in [6.07, 6.45) is 2.58. The fourth-order valence-electron chi connectivity index (χ4n) is 3.41. The van der Waals surface area contributed by atoms with Gasteiger partial charge in [-0.3, -0.25) is 9.10 Å². The van der Waals surface area contributed by atoms with E-state index in [9.17, 15) is 13.2 Å². The maximum atomic E-state index is 12.5. The van der Waals surface area contributed by atoms with Crippen molar-refractivity contribution in [3.8, 4) is 5.69 Å². The first-order valence-corrected chi connectivity index (χ1v) is 13.0. The van der Waals surface area contributed by atoms with Gasteiger partial charge in [-0.15, -0.1) is 0 Å². The van der Waals surface area contributed by atoms with Gasteiger partial charge in [0.2, 0.25) is 10.0 Å². The highest BCUT2D eigenvalue weighted by Crippen LogP contribution is 2.25. The van der Waals surface area contributed by atoms with Gasteiger partial charge in [-0.2, -0.15) is 5.10 Å². The molecule has 0 bridgehead atoms. The van der Waals surface area contributed by atoms with Gasteiger partial charge in [0, 0.05) is 32.1 Å². The summed E-state index contributed by atoms with van der Waals surface area (Å²) in [5, 5.41) is 4.45. The number of carbonyl (C=O) groups excluding carboxylic acids is 1. The SMILES string of the molecule is Cc1ccc(N(CC(=O)N/N=C\c2cc(C)n(-c3cccc(Br)c3)c2C)S(C)(=O)=O)cc1Cl. The van der Waals surface area contributed by atoms with E-state index in [1.165, 1.54) is 6.07 Å². The zero-order valence-corrected chi connectivity index (χ0v) is 21.8. The van der Waals surface area contributed by atoms with Crippen LogP contribution in [0.3, 0.4) is 0 Å². The molecule has 1 N–H and O–H groups in total. The van der Waals surface area contributed by atoms with Gasteiger partial charge in [0.1, 0.15) is 6.54 Å². The number of hydrazone groups is 1. The van der Waals surface area contributed by atoms with Crippen molar-refractivity contribution in [1.29, 1.82) is 0 Å². The van der Waals surface area contributed by atoms with Crippen LogP contribution in [0.25, 0.3) is 5.69 Å². The third-order valence-corrected chi connectivity index (χ3v) is 7.10. The highest BCUT2D eigenvalue weighted by atomic mass is 79.9. The van der Waals surface area contributed by atoms with E-state index < -0.39 is 22.5 Å². The van der Waals surface area contributed by atoms with Crippen LogP contribution < -0.4 is 9.73 Å². The van der Waals surface area contributed by atoms with Crippen molar-refractivity contribution in [2.45, 2.75) is 20.8 Å². The average Bonchev–Trinajstić information content (AvgIpc) is 3.00. The second kappa shape index (κ2) is 10.1. The number of aryl methyl sites for hydroxylation is 2. The maximum absolute atomic E-state index is 12.5. The Kier molecular flexibility index (Phi) is 7.66. The fourth-order valence-corrected chi connectivity index (χ4v) is 4.82. The number of nitrogens with zero attached hydrogens (tertiary/aromatic N) is 3. The van der Waals surface area contributed by atoms with Crippen molar-refractivity contribution >= 4 is 55.4 Å². The number of carbonyl (C=O) groups is 1. The molecule has 1 heterocycles. The molecule has 3 aromatic rings. The first kappa shape index (κ1) is 25.0. The monoisotopic (exact) mass is 550 g/mol. The Hall–Kier alpha value is -2.62. The molecule has 0 atom stereocenters. The van der Waals surface area contributed by atoms with Crippen molar-refractivity contribution in [3.63, 3.8) is 0 Å². The standard InChI is InChI=1S/C23H24BrClN4O3S/c1-15-8-9-20(12-22(15)25)28(33(4,31)32)14-23(30)27-26-13-18-10-16(2)29(17(18)3)21-7-5-6-19(24)11-21/h5-13H,14H2,1-4H3,(H,27,30)/b26-13-. The molecule has 0 saturated carbocycles. The number of sulfonamides is 1. The normalized spacial score (nSPS) is 11.7. The lowest BCUT2D eigenvalue weighted by Crippen LogP contribution is -2.39. The molecule has 1 amide bonds. The summed E-state index contributed by atoms with van der Waals surface area (Å²) in [4.78, 5) is 12.5. The average molecular weight is 552 g/mol. The smallest absolute Gasteiger partial charge is 0.260 e. The first-order valence-electron chi connectivity index (χ1n) is 9.98. The van der Waals surface area contributed by atoms with Crippen molar-refractivity contribution in [3.05, 3.63) is 80.5 Å². The molecule has 0 radical (unpaired) electrons. The summed E-state index contributed by atoms with van der Waals surface area (Å²) >= 11 is 9.62. The van der Waals surface area contributed by atoms with Gasteiger partial charge in [0.15, 0.2) is 0 Å². The predicted octanol–water partition coefficient (Wildman–Crippen LogP) is 4.73. The maximum Gasteiger partial charge on any atom is 0.260 e. The van der Waals surface area contributed by atoms with E-state index in [0.29, 0.717) is 10.7 Å². The third-order valence-electron chi connectivity index (χ3n) is 5.06. The van der Waals surface area contributed by atoms with Gasteiger partial charge in [-0.25, -0.2) is 13.8 Å². The molecule has 0 aliphatic rings. The van der Waals surface area contributed by atoms with Gasteiger partial charge >= 0.3 is 0 Å². The second-order valence-electron chi connectivity index (χ2n) is 7.64. The van der Waals surface area contributed by atoms with E-state index >= 15 is 0 Å². The van der Waals surface area contributed by atoms with Crippen molar-refractivity contribution in [2.75, 3.05) is 17.1 Å². The molecule has 0 aliphatic carbocycles. The van der Waals surface area contributed by atoms with Gasteiger partial charge in [0.05, 0.1) is 18.2 Å². The van der Waals surface area contributed by atoms with Crippen LogP contribution in [-0.4, -0.2) is 37.9 Å². The molecule has 10 heteroatoms. The van der Waals surface area contributed by atoms with E-state index in [4.69, 9.17) is 11.6 Å². The summed E-state index contributed by atoms with van der Waals surface area (Å²) in [6, 6.07) is 14.7. The summed E-state index contributed by atoms with van der Waals surface area (Å²) in [5.74, 6) is -0.575. The summed E-state index contributed by atoms with van der Waals surface area (Å²) in [6.45, 7) is 5.34. The van der Waals surface area contributed by atoms with E-state index in [2.05, 4.69) is 31.0 Å². The Bertz CT molecular complexity index is 1340. The second-order valence-corrected chi connectivity index (χ2v) is 10.9. The van der Waals surface area contributed by atoms with Crippen LogP contribution in [0.2, 0.25) is 5.02 Å². The number of rotatable bonds is 7. The zero-order valence-electron chi connectivity index (χ0n) is 18.6. The number of hydrogen-bond acceptors (Lipinski definition) is 4. The number of aromatic nitrogens is 1. The minimum atomic E-state index is -3.71. The van der Waals surface area contributed by atoms with Gasteiger partial charge in [-0.1, -0.05) is 39.7 Å². The Balaban J connectivity index is 1.75. The van der Waals surface area contributed by atoms with Crippen molar-refractivity contribution in [1.82, 2.24) is 9.99 Å². The fraction of sp³-hybridized carbons (Fsp3) is 0.217. The minimum Gasteiger partial charge on any atom is -0.318 e. The summed E-state index contributed by atoms with van der Waals surface area (Å²) < 4.78 is 28.6. The molecule has 174 valence electrons. The largest absolute Gasteiger partial charge is 0.318 e. The molecular formula is C23H24BrClN4O3S. The van der Waals surface area contributed by atoms with Crippen LogP contribution in [0.4, 0.5) is 5.69 Å². The number of amides is 1. The van der Waals surface area contributed by atoms with E-state index in [0.717, 1.165) is 43.2 Å². The molecule has 33 heavy (non-hydrogen) atoms. The van der Waals surface area contributed by atoms with E-state index in [-0.39, 0.29) is 0 Å². The number of anilines is 1. The predicted molar refractivity (Wildman–Crippen MR) is 137 cm³/mol. The molecule has 0 fully saturated rings. The number of hydrogen-bond donors (Lipinski definition) is 1. The lowest BCUT2D eigenvalue weighted by molar-refractivity contribution is -0.119. The molecule has 0 aliphatic heterocycles. The number of benzene rings is 2. The summed E-state index contributed by atoms with van der Waals surface area (Å²) in [7, 11) is -3.71. The Labute approximate surface area is 207 Å². The van der Waals surface area contributed by atoms with E-state index in [1.54, 1.807) is 18.3 Å². The van der Waals surface area contributed by atoms with Crippen LogP contribution in [0.1, 0.15) is 22.5 Å². The van der Waals surface area contributed by atoms with Crippen LogP contribution in [0.5, 0.6) is 0 Å². The number of nitrogens with one attached hydrogen (secondary N) is 1. The Morgan fingerprint density at radius 3 is 2.55 bits per heavy atom. The first-order chi connectivity index (χ1) is 15.5. The molecule has 7 nitrogen and oxygen atoms in total. The highest BCUT2D eigenvalue weighted by molar-refractivity contribution is 9.10. The van der Waals surface area contributed by atoms with Crippen molar-refractivity contribution in [2.24, 2.45) is 5.10 Å². The molecule has 0 spiro atoms. The van der Waals surface area contributed by atoms with Crippen LogP contribution >= 0.6 is 27.5 Å². The van der Waals surface area contributed by atoms with Gasteiger partial charge in [-0.05, 0) is 62.7 Å². The number of halogens is 2. The Morgan fingerprint density at radius 1 is 1.18 bits per heavy atom. The highest BCUT2D eigenvalue weighted by Gasteiger charge is 2.21. The van der Waals surface area contributed by atoms with Crippen LogP contribution in [0.15, 0.2) is 58.1 Å². The van der Waals surface area contributed by atoms with Crippen LogP contribution in [-0.2, 0) is 14.8 Å². The third kappa shape index (κ3) is 6.04. The van der Waals surface area contributed by atoms with Crippen molar-refractivity contribution < 1.29 is 13.2 Å². The van der Waals surface area contributed by atoms with E-state index in [1.807, 2.05) is 51.1 Å². The molecule has 2 aromatic carbocycles. The molecule has 0 saturated heterocycles. The van der Waals surface area contributed by atoms with Gasteiger partial charge in [0.25, 0.3) is 5.91 Å². The summed E-state index contributed by atoms with van der Waals surface area (Å²) in [5.41, 5.74) is 7.33. The van der Waals surface area contributed by atoms with Crippen LogP contribution in [0, 0.1) is 20.8 Å². The topological polar surface area (TPSA) is 83.8 Å². The van der Waals surface area contributed by atoms with Gasteiger partial charge < -0.3 is 4.57 Å². The zero-order chi connectivity index (χ0) is 24.3. The quantitative estimate of drug-likeness (QED) is 0.340. The molecule has 1 aromatic heterocycles. The lowest BCUT2D eigenvalue weighted by Gasteiger charge is -2.21. The lowest BCUT2D eigenvalue weighted by atomic mass is 10.2. The molecular weight excluding hydrogens is 528 g/mol. The molecule has 0 unspecified atom stereocenters.